The minimum atomic E-state index is -4.85. The molecule has 0 aliphatic carbocycles. The average Bonchev–Trinajstić information content (AvgIpc) is 3.21. The zero-order valence-electron chi connectivity index (χ0n) is 18.5. The van der Waals surface area contributed by atoms with E-state index in [0.717, 1.165) is 11.1 Å². The van der Waals surface area contributed by atoms with E-state index >= 15 is 0 Å². The summed E-state index contributed by atoms with van der Waals surface area (Å²) < 4.78 is 37.2. The molecule has 2 aromatic carbocycles. The van der Waals surface area contributed by atoms with Gasteiger partial charge in [-0.15, -0.1) is 0 Å². The van der Waals surface area contributed by atoms with Gasteiger partial charge in [0.05, 0.1) is 39.0 Å². The molecule has 0 unspecified atom stereocenters. The van der Waals surface area contributed by atoms with Crippen molar-refractivity contribution in [3.8, 4) is 45.4 Å². The van der Waals surface area contributed by atoms with Crippen LogP contribution < -0.4 is 87.8 Å². The fraction of sp³-hybridized carbons (Fsp3) is 0.211. The van der Waals surface area contributed by atoms with Gasteiger partial charge in [-0.05, 0) is 48.2 Å². The van der Waals surface area contributed by atoms with Crippen molar-refractivity contribution < 1.29 is 92.4 Å². The van der Waals surface area contributed by atoms with E-state index in [2.05, 4.69) is 4.37 Å². The standard InChI is InChI=1S/C19H20NO7PS2.2Na/c1-24-14-6-5-11(9-17(14)30-28(21,22)23)13-10-29-20-18(13)12-7-15(25-2)19(27-4)16(8-12)26-3;;/h5-10H,1-4H3,(H2,21,22,23);;/q;2*+1/p-2. The smallest absolute Gasteiger partial charge is 0.803 e. The number of hydrogen-bond donors (Lipinski definition) is 0. The Hall–Kier alpha value is -0.230. The summed E-state index contributed by atoms with van der Waals surface area (Å²) in [6.45, 7) is -4.85. The Morgan fingerprint density at radius 3 is 1.97 bits per heavy atom. The van der Waals surface area contributed by atoms with E-state index in [1.165, 1.54) is 40.0 Å². The Bertz CT molecular complexity index is 1080. The molecule has 8 nitrogen and oxygen atoms in total. The van der Waals surface area contributed by atoms with Crippen LogP contribution in [0.3, 0.4) is 0 Å². The molecule has 32 heavy (non-hydrogen) atoms. The van der Waals surface area contributed by atoms with Gasteiger partial charge in [0, 0.05) is 16.5 Å². The van der Waals surface area contributed by atoms with Crippen molar-refractivity contribution in [3.63, 3.8) is 0 Å². The number of aromatic nitrogens is 1. The minimum Gasteiger partial charge on any atom is -0.803 e. The summed E-state index contributed by atoms with van der Waals surface area (Å²) in [5, 5.41) is 1.84. The zero-order valence-corrected chi connectivity index (χ0v) is 25.1. The van der Waals surface area contributed by atoms with Gasteiger partial charge < -0.3 is 33.3 Å². The minimum absolute atomic E-state index is 0. The van der Waals surface area contributed by atoms with E-state index < -0.39 is 6.80 Å². The monoisotopic (exact) mass is 513 g/mol. The van der Waals surface area contributed by atoms with Crippen LogP contribution in [-0.2, 0) is 4.57 Å². The first kappa shape index (κ1) is 29.8. The molecule has 0 saturated carbocycles. The van der Waals surface area contributed by atoms with Gasteiger partial charge in [0.2, 0.25) is 5.75 Å². The van der Waals surface area contributed by atoms with E-state index in [1.54, 1.807) is 30.3 Å². The SMILES string of the molecule is COc1ccc(-c2csnc2-c2cc(OC)c(OC)c(OC)c2)cc1SP(=O)([O-])[O-].[Na+].[Na+]. The number of methoxy groups -OCH3 is 4. The summed E-state index contributed by atoms with van der Waals surface area (Å²) in [5.41, 5.74) is 2.81. The van der Waals surface area contributed by atoms with Crippen LogP contribution in [-0.4, -0.2) is 32.8 Å². The van der Waals surface area contributed by atoms with Crippen molar-refractivity contribution in [2.24, 2.45) is 0 Å². The topological polar surface area (TPSA) is 113 Å². The number of benzene rings is 2. The first-order valence-corrected chi connectivity index (χ1v) is 12.3. The molecule has 160 valence electrons. The summed E-state index contributed by atoms with van der Waals surface area (Å²) in [7, 11) is 5.99. The van der Waals surface area contributed by atoms with Gasteiger partial charge in [0.1, 0.15) is 5.75 Å². The van der Waals surface area contributed by atoms with Crippen molar-refractivity contribution in [1.82, 2.24) is 4.37 Å². The predicted molar refractivity (Wildman–Crippen MR) is 113 cm³/mol. The van der Waals surface area contributed by atoms with Crippen LogP contribution in [0.4, 0.5) is 0 Å². The second-order valence-corrected chi connectivity index (χ2v) is 9.93. The molecule has 0 fully saturated rings. The molecule has 0 bridgehead atoms. The van der Waals surface area contributed by atoms with Crippen LogP contribution in [0.15, 0.2) is 40.6 Å². The third-order valence-electron chi connectivity index (χ3n) is 4.19. The van der Waals surface area contributed by atoms with Crippen LogP contribution in [0, 0.1) is 0 Å². The van der Waals surface area contributed by atoms with Gasteiger partial charge >= 0.3 is 59.1 Å². The molecule has 3 aromatic rings. The maximum Gasteiger partial charge on any atom is 1.00 e. The van der Waals surface area contributed by atoms with Gasteiger partial charge in [-0.3, -0.25) is 0 Å². The van der Waals surface area contributed by atoms with E-state index in [-0.39, 0.29) is 75.4 Å². The molecule has 0 aliphatic heterocycles. The van der Waals surface area contributed by atoms with E-state index in [1.807, 2.05) is 5.38 Å². The molecule has 0 saturated heterocycles. The fourth-order valence-corrected chi connectivity index (χ4v) is 5.43. The third-order valence-corrected chi connectivity index (χ3v) is 6.82. The van der Waals surface area contributed by atoms with Gasteiger partial charge in [-0.2, -0.15) is 4.37 Å². The molecule has 1 aromatic heterocycles. The Balaban J connectivity index is 0.00000256. The van der Waals surface area contributed by atoms with Gasteiger partial charge in [0.15, 0.2) is 11.5 Å². The molecular weight excluding hydrogens is 495 g/mol. The van der Waals surface area contributed by atoms with E-state index in [9.17, 15) is 14.4 Å². The van der Waals surface area contributed by atoms with Crippen LogP contribution in [0.5, 0.6) is 23.0 Å². The van der Waals surface area contributed by atoms with Crippen LogP contribution in [0.25, 0.3) is 22.4 Å². The zero-order chi connectivity index (χ0) is 21.9. The second-order valence-electron chi connectivity index (χ2n) is 5.89. The maximum atomic E-state index is 11.3. The van der Waals surface area contributed by atoms with Crippen molar-refractivity contribution in [2.45, 2.75) is 4.90 Å². The largest absolute Gasteiger partial charge is 1.00 e. The van der Waals surface area contributed by atoms with Crippen molar-refractivity contribution in [1.29, 1.82) is 0 Å². The molecular formula is C19H18NNa2O7PS2. The van der Waals surface area contributed by atoms with Gasteiger partial charge in [-0.1, -0.05) is 17.4 Å². The van der Waals surface area contributed by atoms with Crippen molar-refractivity contribution in [2.75, 3.05) is 28.4 Å². The molecule has 1 heterocycles. The van der Waals surface area contributed by atoms with E-state index in [4.69, 9.17) is 18.9 Å². The number of nitrogens with zero attached hydrogens (tertiary/aromatic N) is 1. The summed E-state index contributed by atoms with van der Waals surface area (Å²) in [5.74, 6) is 1.73. The summed E-state index contributed by atoms with van der Waals surface area (Å²) in [6.07, 6.45) is 0. The number of hydrogen-bond acceptors (Lipinski definition) is 10. The molecule has 0 spiro atoms. The molecule has 0 amide bonds. The summed E-state index contributed by atoms with van der Waals surface area (Å²) in [4.78, 5) is 22.8. The average molecular weight is 513 g/mol. The quantitative estimate of drug-likeness (QED) is 0.237. The Morgan fingerprint density at radius 1 is 0.875 bits per heavy atom. The fourth-order valence-electron chi connectivity index (χ4n) is 2.90. The molecule has 0 N–H and O–H groups in total. The van der Waals surface area contributed by atoms with Crippen molar-refractivity contribution >= 4 is 29.7 Å². The first-order valence-electron chi connectivity index (χ1n) is 8.46. The normalized spacial score (nSPS) is 10.6. The molecule has 0 aliphatic rings. The van der Waals surface area contributed by atoms with Gasteiger partial charge in [-0.25, -0.2) is 0 Å². The summed E-state index contributed by atoms with van der Waals surface area (Å²) >= 11 is 1.47. The molecule has 0 radical (unpaired) electrons. The predicted octanol–water partition coefficient (Wildman–Crippen LogP) is -2.56. The van der Waals surface area contributed by atoms with E-state index in [0.29, 0.717) is 34.3 Å². The van der Waals surface area contributed by atoms with Crippen LogP contribution >= 0.6 is 29.7 Å². The number of ether oxygens (including phenoxy) is 4. The second kappa shape index (κ2) is 13.0. The maximum absolute atomic E-state index is 11.3. The molecule has 0 atom stereocenters. The number of rotatable bonds is 8. The van der Waals surface area contributed by atoms with Crippen LogP contribution in [0.1, 0.15) is 0 Å². The third kappa shape index (κ3) is 6.90. The Morgan fingerprint density at radius 2 is 1.47 bits per heavy atom. The molecule has 3 rings (SSSR count). The Labute approximate surface area is 238 Å². The Kier molecular flexibility index (Phi) is 12.1. The van der Waals surface area contributed by atoms with Gasteiger partial charge in [0.25, 0.3) is 0 Å². The molecule has 13 heteroatoms. The van der Waals surface area contributed by atoms with Crippen molar-refractivity contribution in [3.05, 3.63) is 35.7 Å². The summed E-state index contributed by atoms with van der Waals surface area (Å²) in [6, 6.07) is 8.54. The van der Waals surface area contributed by atoms with Crippen LogP contribution in [0.2, 0.25) is 0 Å². The first-order chi connectivity index (χ1) is 14.3.